The van der Waals surface area contributed by atoms with Crippen LogP contribution in [0.25, 0.3) is 10.9 Å². The topological polar surface area (TPSA) is 56.5 Å². The number of rotatable bonds is 5. The van der Waals surface area contributed by atoms with E-state index in [1.165, 1.54) is 4.68 Å². The second kappa shape index (κ2) is 10.1. The standard InChI is InChI=1S/C26H22Br3N3O2/c1-26(2,3)25-31-22-10-9-19(28)13-20(22)24(33)32(25)30-14-17-6-11-23(21(29)12-17)34-15-16-4-7-18(27)8-5-16/h4-14H,15H2,1-3H3. The molecule has 4 aromatic rings. The lowest BCUT2D eigenvalue weighted by atomic mass is 9.95. The van der Waals surface area contributed by atoms with Crippen molar-refractivity contribution in [3.63, 3.8) is 0 Å². The summed E-state index contributed by atoms with van der Waals surface area (Å²) < 4.78 is 9.99. The van der Waals surface area contributed by atoms with Gasteiger partial charge in [0.25, 0.3) is 5.56 Å². The van der Waals surface area contributed by atoms with E-state index in [1.807, 2.05) is 75.4 Å². The molecule has 0 atom stereocenters. The fourth-order valence-electron chi connectivity index (χ4n) is 3.32. The Bertz CT molecular complexity index is 1440. The monoisotopic (exact) mass is 645 g/mol. The van der Waals surface area contributed by atoms with Crippen molar-refractivity contribution >= 4 is 64.9 Å². The first-order valence-electron chi connectivity index (χ1n) is 10.6. The van der Waals surface area contributed by atoms with Gasteiger partial charge in [0.05, 0.1) is 21.6 Å². The van der Waals surface area contributed by atoms with Gasteiger partial charge in [-0.3, -0.25) is 4.79 Å². The summed E-state index contributed by atoms with van der Waals surface area (Å²) in [4.78, 5) is 18.0. The maximum Gasteiger partial charge on any atom is 0.282 e. The SMILES string of the molecule is CC(C)(C)c1nc2ccc(Br)cc2c(=O)n1N=Cc1ccc(OCc2ccc(Br)cc2)c(Br)c1. The molecule has 4 rings (SSSR count). The molecule has 0 saturated carbocycles. The molecular formula is C26H22Br3N3O2. The normalized spacial score (nSPS) is 11.9. The summed E-state index contributed by atoms with van der Waals surface area (Å²) in [5.74, 6) is 1.32. The minimum absolute atomic E-state index is 0.207. The molecule has 0 bridgehead atoms. The van der Waals surface area contributed by atoms with E-state index in [-0.39, 0.29) is 11.0 Å². The summed E-state index contributed by atoms with van der Waals surface area (Å²) in [6, 6.07) is 19.2. The zero-order valence-electron chi connectivity index (χ0n) is 18.8. The highest BCUT2D eigenvalue weighted by atomic mass is 79.9. The van der Waals surface area contributed by atoms with Gasteiger partial charge >= 0.3 is 0 Å². The molecule has 0 fully saturated rings. The number of hydrogen-bond acceptors (Lipinski definition) is 4. The van der Waals surface area contributed by atoms with Crippen LogP contribution in [0.1, 0.15) is 37.7 Å². The Kier molecular flexibility index (Phi) is 7.40. The Hall–Kier alpha value is -2.29. The first-order valence-corrected chi connectivity index (χ1v) is 12.9. The summed E-state index contributed by atoms with van der Waals surface area (Å²) in [5, 5.41) is 5.04. The van der Waals surface area contributed by atoms with Crippen LogP contribution in [0.5, 0.6) is 5.75 Å². The molecule has 0 unspecified atom stereocenters. The smallest absolute Gasteiger partial charge is 0.282 e. The van der Waals surface area contributed by atoms with E-state index in [1.54, 1.807) is 12.3 Å². The summed E-state index contributed by atoms with van der Waals surface area (Å²) in [5.41, 5.74) is 1.97. The third kappa shape index (κ3) is 5.67. The number of benzene rings is 3. The maximum absolute atomic E-state index is 13.3. The van der Waals surface area contributed by atoms with Crippen LogP contribution in [0.4, 0.5) is 0 Å². The van der Waals surface area contributed by atoms with Crippen molar-refractivity contribution in [1.82, 2.24) is 9.66 Å². The highest BCUT2D eigenvalue weighted by Gasteiger charge is 2.22. The van der Waals surface area contributed by atoms with Crippen LogP contribution < -0.4 is 10.3 Å². The molecule has 174 valence electrons. The molecule has 0 aliphatic carbocycles. The van der Waals surface area contributed by atoms with Gasteiger partial charge in [-0.2, -0.15) is 9.78 Å². The third-order valence-electron chi connectivity index (χ3n) is 5.06. The van der Waals surface area contributed by atoms with Crippen LogP contribution in [0.3, 0.4) is 0 Å². The lowest BCUT2D eigenvalue weighted by Crippen LogP contribution is -2.29. The third-order valence-corrected chi connectivity index (χ3v) is 6.71. The average Bonchev–Trinajstić information content (AvgIpc) is 2.78. The van der Waals surface area contributed by atoms with Gasteiger partial charge in [0.1, 0.15) is 18.2 Å². The molecule has 0 amide bonds. The van der Waals surface area contributed by atoms with Gasteiger partial charge in [0, 0.05) is 14.4 Å². The van der Waals surface area contributed by atoms with Crippen LogP contribution in [-0.2, 0) is 12.0 Å². The van der Waals surface area contributed by atoms with E-state index in [2.05, 4.69) is 52.9 Å². The minimum atomic E-state index is -0.372. The van der Waals surface area contributed by atoms with Crippen LogP contribution in [0.2, 0.25) is 0 Å². The number of ether oxygens (including phenoxy) is 1. The number of fused-ring (bicyclic) bond motifs is 1. The van der Waals surface area contributed by atoms with E-state index < -0.39 is 0 Å². The quantitative estimate of drug-likeness (QED) is 0.212. The summed E-state index contributed by atoms with van der Waals surface area (Å²) >= 11 is 10.5. The fraction of sp³-hybridized carbons (Fsp3) is 0.192. The Morgan fingerprint density at radius 3 is 2.35 bits per heavy atom. The van der Waals surface area contributed by atoms with E-state index in [0.29, 0.717) is 23.3 Å². The van der Waals surface area contributed by atoms with Crippen molar-refractivity contribution in [3.8, 4) is 5.75 Å². The molecule has 0 N–H and O–H groups in total. The van der Waals surface area contributed by atoms with Gasteiger partial charge < -0.3 is 4.74 Å². The van der Waals surface area contributed by atoms with Crippen molar-refractivity contribution < 1.29 is 4.74 Å². The number of halogens is 3. The van der Waals surface area contributed by atoms with Crippen molar-refractivity contribution in [1.29, 1.82) is 0 Å². The zero-order chi connectivity index (χ0) is 24.5. The number of aromatic nitrogens is 2. The highest BCUT2D eigenvalue weighted by molar-refractivity contribution is 9.11. The van der Waals surface area contributed by atoms with Crippen LogP contribution in [-0.4, -0.2) is 15.9 Å². The number of nitrogens with zero attached hydrogens (tertiary/aromatic N) is 3. The second-order valence-corrected chi connectivity index (χ2v) is 11.5. The van der Waals surface area contributed by atoms with Crippen molar-refractivity contribution in [3.05, 3.63) is 101 Å². The molecule has 0 radical (unpaired) electrons. The molecule has 0 saturated heterocycles. The summed E-state index contributed by atoms with van der Waals surface area (Å²) in [6.07, 6.45) is 1.66. The highest BCUT2D eigenvalue weighted by Crippen LogP contribution is 2.27. The van der Waals surface area contributed by atoms with E-state index in [9.17, 15) is 4.79 Å². The van der Waals surface area contributed by atoms with Crippen LogP contribution >= 0.6 is 47.8 Å². The minimum Gasteiger partial charge on any atom is -0.488 e. The Morgan fingerprint density at radius 2 is 1.68 bits per heavy atom. The molecule has 5 nitrogen and oxygen atoms in total. The zero-order valence-corrected chi connectivity index (χ0v) is 23.6. The molecule has 0 spiro atoms. The molecular weight excluding hydrogens is 626 g/mol. The molecule has 0 aliphatic rings. The van der Waals surface area contributed by atoms with E-state index in [0.717, 1.165) is 30.3 Å². The lowest BCUT2D eigenvalue weighted by Gasteiger charge is -2.20. The van der Waals surface area contributed by atoms with Gasteiger partial charge in [-0.15, -0.1) is 0 Å². The molecule has 1 aromatic heterocycles. The number of hydrogen-bond donors (Lipinski definition) is 0. The van der Waals surface area contributed by atoms with E-state index in [4.69, 9.17) is 9.72 Å². The maximum atomic E-state index is 13.3. The van der Waals surface area contributed by atoms with Crippen molar-refractivity contribution in [2.75, 3.05) is 0 Å². The Morgan fingerprint density at radius 1 is 0.971 bits per heavy atom. The summed E-state index contributed by atoms with van der Waals surface area (Å²) in [6.45, 7) is 6.50. The second-order valence-electron chi connectivity index (χ2n) is 8.81. The fourth-order valence-corrected chi connectivity index (χ4v) is 4.46. The van der Waals surface area contributed by atoms with Crippen molar-refractivity contribution in [2.24, 2.45) is 5.10 Å². The van der Waals surface area contributed by atoms with Gasteiger partial charge in [0.15, 0.2) is 0 Å². The largest absolute Gasteiger partial charge is 0.488 e. The molecule has 3 aromatic carbocycles. The first kappa shape index (κ1) is 24.8. The van der Waals surface area contributed by atoms with Gasteiger partial charge in [-0.25, -0.2) is 4.98 Å². The lowest BCUT2D eigenvalue weighted by molar-refractivity contribution is 0.304. The Balaban J connectivity index is 1.63. The van der Waals surface area contributed by atoms with Gasteiger partial charge in [0.2, 0.25) is 0 Å². The molecule has 34 heavy (non-hydrogen) atoms. The van der Waals surface area contributed by atoms with Crippen molar-refractivity contribution in [2.45, 2.75) is 32.8 Å². The Labute approximate surface area is 223 Å². The predicted molar refractivity (Wildman–Crippen MR) is 148 cm³/mol. The van der Waals surface area contributed by atoms with Gasteiger partial charge in [-0.05, 0) is 75.6 Å². The van der Waals surface area contributed by atoms with E-state index >= 15 is 0 Å². The first-order chi connectivity index (χ1) is 16.1. The predicted octanol–water partition coefficient (Wildman–Crippen LogP) is 7.44. The molecule has 8 heteroatoms. The van der Waals surface area contributed by atoms with Crippen LogP contribution in [0.15, 0.2) is 84.0 Å². The average molecular weight is 648 g/mol. The summed E-state index contributed by atoms with van der Waals surface area (Å²) in [7, 11) is 0. The molecule has 1 heterocycles. The van der Waals surface area contributed by atoms with Gasteiger partial charge in [-0.1, -0.05) is 64.8 Å². The molecule has 0 aliphatic heterocycles. The van der Waals surface area contributed by atoms with Crippen LogP contribution in [0, 0.1) is 0 Å².